The van der Waals surface area contributed by atoms with E-state index in [2.05, 4.69) is 5.32 Å². The third kappa shape index (κ3) is 5.58. The van der Waals surface area contributed by atoms with Gasteiger partial charge in [-0.1, -0.05) is 12.1 Å². The van der Waals surface area contributed by atoms with Crippen LogP contribution in [0, 0.1) is 17.5 Å². The number of hydrogen-bond donors (Lipinski definition) is 2. The van der Waals surface area contributed by atoms with Gasteiger partial charge in [0.05, 0.1) is 6.42 Å². The van der Waals surface area contributed by atoms with E-state index in [9.17, 15) is 23.1 Å². The number of nitrogens with one attached hydrogen (secondary N) is 1. The number of aliphatic hydroxyl groups is 1. The van der Waals surface area contributed by atoms with Crippen LogP contribution in [0.2, 0.25) is 0 Å². The molecule has 128 valence electrons. The van der Waals surface area contributed by atoms with Gasteiger partial charge in [-0.25, -0.2) is 13.2 Å². The van der Waals surface area contributed by atoms with Gasteiger partial charge in [0.15, 0.2) is 11.6 Å². The topological polar surface area (TPSA) is 58.6 Å². The second kappa shape index (κ2) is 8.35. The fraction of sp³-hybridized carbons (Fsp3) is 0.235. The molecule has 0 aromatic heterocycles. The highest BCUT2D eigenvalue weighted by Crippen LogP contribution is 2.15. The van der Waals surface area contributed by atoms with E-state index in [-0.39, 0.29) is 37.0 Å². The Morgan fingerprint density at radius 1 is 1.08 bits per heavy atom. The zero-order chi connectivity index (χ0) is 17.5. The summed E-state index contributed by atoms with van der Waals surface area (Å²) in [7, 11) is 0. The first-order valence-corrected chi connectivity index (χ1v) is 7.21. The molecule has 0 aliphatic rings. The molecule has 1 unspecified atom stereocenters. The standard InChI is InChI=1S/C17H16F3NO3/c18-12-3-1-11(2-4-12)7-17(23)21-9-13(22)10-24-14-5-6-15(19)16(20)8-14/h1-6,8,13,22H,7,9-10H2,(H,21,23). The molecule has 4 nitrogen and oxygen atoms in total. The van der Waals surface area contributed by atoms with Gasteiger partial charge in [-0.05, 0) is 29.8 Å². The zero-order valence-electron chi connectivity index (χ0n) is 12.6. The SMILES string of the molecule is O=C(Cc1ccc(F)cc1)NCC(O)COc1ccc(F)c(F)c1. The summed E-state index contributed by atoms with van der Waals surface area (Å²) in [5.41, 5.74) is 0.640. The van der Waals surface area contributed by atoms with Gasteiger partial charge >= 0.3 is 0 Å². The molecule has 2 aromatic carbocycles. The van der Waals surface area contributed by atoms with E-state index >= 15 is 0 Å². The minimum atomic E-state index is -1.05. The summed E-state index contributed by atoms with van der Waals surface area (Å²) in [4.78, 5) is 11.7. The van der Waals surface area contributed by atoms with Crippen molar-refractivity contribution < 1.29 is 27.8 Å². The summed E-state index contributed by atoms with van der Waals surface area (Å²) in [6.45, 7) is -0.258. The first kappa shape index (κ1) is 17.8. The predicted octanol–water partition coefficient (Wildman–Crippen LogP) is 2.20. The molecular formula is C17H16F3NO3. The maximum atomic E-state index is 13.0. The van der Waals surface area contributed by atoms with Crippen LogP contribution in [0.1, 0.15) is 5.56 Å². The molecular weight excluding hydrogens is 323 g/mol. The molecule has 0 aliphatic carbocycles. The third-order valence-electron chi connectivity index (χ3n) is 3.15. The lowest BCUT2D eigenvalue weighted by Crippen LogP contribution is -2.36. The summed E-state index contributed by atoms with van der Waals surface area (Å²) in [6, 6.07) is 8.53. The minimum Gasteiger partial charge on any atom is -0.491 e. The second-order valence-electron chi connectivity index (χ2n) is 5.15. The molecule has 0 saturated heterocycles. The molecule has 0 saturated carbocycles. The van der Waals surface area contributed by atoms with E-state index < -0.39 is 17.7 Å². The summed E-state index contributed by atoms with van der Waals surface area (Å²) in [5.74, 6) is -2.69. The number of hydrogen-bond acceptors (Lipinski definition) is 3. The molecule has 0 bridgehead atoms. The number of halogens is 3. The van der Waals surface area contributed by atoms with Crippen molar-refractivity contribution in [3.8, 4) is 5.75 Å². The van der Waals surface area contributed by atoms with Crippen LogP contribution < -0.4 is 10.1 Å². The van der Waals surface area contributed by atoms with Gasteiger partial charge in [0, 0.05) is 12.6 Å². The number of carbonyl (C=O) groups is 1. The first-order valence-electron chi connectivity index (χ1n) is 7.21. The summed E-state index contributed by atoms with van der Waals surface area (Å²) < 4.78 is 43.6. The average Bonchev–Trinajstić information content (AvgIpc) is 2.56. The molecule has 0 aliphatic heterocycles. The first-order chi connectivity index (χ1) is 11.4. The fourth-order valence-electron chi connectivity index (χ4n) is 1.90. The Morgan fingerprint density at radius 2 is 1.79 bits per heavy atom. The van der Waals surface area contributed by atoms with Crippen molar-refractivity contribution in [2.75, 3.05) is 13.2 Å². The number of ether oxygens (including phenoxy) is 1. The predicted molar refractivity (Wildman–Crippen MR) is 81.0 cm³/mol. The Morgan fingerprint density at radius 3 is 2.46 bits per heavy atom. The Balaban J connectivity index is 1.72. The highest BCUT2D eigenvalue weighted by Gasteiger charge is 2.10. The van der Waals surface area contributed by atoms with Crippen LogP contribution in [-0.4, -0.2) is 30.3 Å². The Kier molecular flexibility index (Phi) is 6.20. The van der Waals surface area contributed by atoms with E-state index in [0.717, 1.165) is 12.1 Å². The highest BCUT2D eigenvalue weighted by molar-refractivity contribution is 5.78. The molecule has 0 spiro atoms. The number of carbonyl (C=O) groups excluding carboxylic acids is 1. The van der Waals surface area contributed by atoms with Crippen molar-refractivity contribution in [1.82, 2.24) is 5.32 Å². The van der Waals surface area contributed by atoms with Crippen LogP contribution in [0.5, 0.6) is 5.75 Å². The molecule has 0 radical (unpaired) electrons. The number of amides is 1. The van der Waals surface area contributed by atoms with Crippen LogP contribution >= 0.6 is 0 Å². The molecule has 7 heteroatoms. The lowest BCUT2D eigenvalue weighted by molar-refractivity contribution is -0.121. The van der Waals surface area contributed by atoms with Gasteiger partial charge in [-0.3, -0.25) is 4.79 Å². The van der Waals surface area contributed by atoms with Crippen LogP contribution in [0.25, 0.3) is 0 Å². The van der Waals surface area contributed by atoms with Gasteiger partial charge in [0.2, 0.25) is 5.91 Å². The minimum absolute atomic E-state index is 0.0526. The van der Waals surface area contributed by atoms with Crippen molar-refractivity contribution in [3.05, 3.63) is 65.5 Å². The third-order valence-corrected chi connectivity index (χ3v) is 3.15. The van der Waals surface area contributed by atoms with Crippen LogP contribution in [-0.2, 0) is 11.2 Å². The lowest BCUT2D eigenvalue weighted by atomic mass is 10.1. The Hall–Kier alpha value is -2.54. The quantitative estimate of drug-likeness (QED) is 0.813. The van der Waals surface area contributed by atoms with Crippen LogP contribution in [0.15, 0.2) is 42.5 Å². The fourth-order valence-corrected chi connectivity index (χ4v) is 1.90. The summed E-state index contributed by atoms with van der Waals surface area (Å²) >= 11 is 0. The maximum Gasteiger partial charge on any atom is 0.224 e. The highest BCUT2D eigenvalue weighted by atomic mass is 19.2. The van der Waals surface area contributed by atoms with Gasteiger partial charge in [0.25, 0.3) is 0 Å². The van der Waals surface area contributed by atoms with Crippen molar-refractivity contribution in [1.29, 1.82) is 0 Å². The second-order valence-corrected chi connectivity index (χ2v) is 5.15. The van der Waals surface area contributed by atoms with E-state index in [4.69, 9.17) is 4.74 Å². The molecule has 2 N–H and O–H groups in total. The van der Waals surface area contributed by atoms with Gasteiger partial charge in [0.1, 0.15) is 24.3 Å². The molecule has 1 atom stereocenters. The molecule has 24 heavy (non-hydrogen) atoms. The van der Waals surface area contributed by atoms with Crippen molar-refractivity contribution in [2.24, 2.45) is 0 Å². The van der Waals surface area contributed by atoms with Crippen LogP contribution in [0.3, 0.4) is 0 Å². The summed E-state index contributed by atoms with van der Waals surface area (Å²) in [6.07, 6.45) is -0.966. The van der Waals surface area contributed by atoms with E-state index in [1.165, 1.54) is 30.3 Å². The molecule has 1 amide bonds. The smallest absolute Gasteiger partial charge is 0.224 e. The van der Waals surface area contributed by atoms with E-state index in [0.29, 0.717) is 5.56 Å². The lowest BCUT2D eigenvalue weighted by Gasteiger charge is -2.13. The normalized spacial score (nSPS) is 11.8. The van der Waals surface area contributed by atoms with Crippen molar-refractivity contribution in [3.63, 3.8) is 0 Å². The van der Waals surface area contributed by atoms with Crippen molar-refractivity contribution in [2.45, 2.75) is 12.5 Å². The summed E-state index contributed by atoms with van der Waals surface area (Å²) in [5, 5.41) is 12.2. The zero-order valence-corrected chi connectivity index (χ0v) is 12.6. The number of benzene rings is 2. The Bertz CT molecular complexity index is 692. The van der Waals surface area contributed by atoms with Gasteiger partial charge < -0.3 is 15.2 Å². The van der Waals surface area contributed by atoms with Gasteiger partial charge in [-0.2, -0.15) is 0 Å². The van der Waals surface area contributed by atoms with E-state index in [1.807, 2.05) is 0 Å². The number of aliphatic hydroxyl groups excluding tert-OH is 1. The van der Waals surface area contributed by atoms with Crippen molar-refractivity contribution >= 4 is 5.91 Å². The molecule has 2 rings (SSSR count). The molecule has 2 aromatic rings. The Labute approximate surface area is 136 Å². The largest absolute Gasteiger partial charge is 0.491 e. The number of rotatable bonds is 7. The van der Waals surface area contributed by atoms with E-state index in [1.54, 1.807) is 0 Å². The maximum absolute atomic E-state index is 13.0. The average molecular weight is 339 g/mol. The monoisotopic (exact) mass is 339 g/mol. The molecule has 0 heterocycles. The molecule has 0 fully saturated rings. The van der Waals surface area contributed by atoms with Crippen LogP contribution in [0.4, 0.5) is 13.2 Å². The van der Waals surface area contributed by atoms with Gasteiger partial charge in [-0.15, -0.1) is 0 Å².